The van der Waals surface area contributed by atoms with Gasteiger partial charge in [0, 0.05) is 17.6 Å². The number of anilines is 1. The van der Waals surface area contributed by atoms with Crippen molar-refractivity contribution in [3.8, 4) is 5.75 Å². The average Bonchev–Trinajstić information content (AvgIpc) is 2.71. The van der Waals surface area contributed by atoms with Crippen LogP contribution in [0, 0.1) is 5.82 Å². The number of carbonyl (C=O) groups excluding carboxylic acids is 1. The molecule has 1 amide bonds. The van der Waals surface area contributed by atoms with Crippen LogP contribution in [-0.4, -0.2) is 37.8 Å². The minimum Gasteiger partial charge on any atom is -0.489 e. The molecule has 0 bridgehead atoms. The van der Waals surface area contributed by atoms with E-state index in [9.17, 15) is 17.6 Å². The molecule has 1 fully saturated rings. The molecule has 6 nitrogen and oxygen atoms in total. The summed E-state index contributed by atoms with van der Waals surface area (Å²) in [5.74, 6) is -0.797. The number of ether oxygens (including phenoxy) is 1. The monoisotopic (exact) mass is 498 g/mol. The molecule has 1 aliphatic heterocycles. The van der Waals surface area contributed by atoms with E-state index in [0.29, 0.717) is 23.3 Å². The largest absolute Gasteiger partial charge is 0.489 e. The van der Waals surface area contributed by atoms with E-state index in [1.165, 1.54) is 34.6 Å². The van der Waals surface area contributed by atoms with Crippen LogP contribution in [0.5, 0.6) is 5.75 Å². The summed E-state index contributed by atoms with van der Waals surface area (Å²) in [5, 5.41) is 2.67. The molecule has 30 heavy (non-hydrogen) atoms. The molecule has 0 aliphatic carbocycles. The lowest BCUT2D eigenvalue weighted by atomic mass is 10.2. The zero-order chi connectivity index (χ0) is 21.9. The number of piperidine rings is 1. The summed E-state index contributed by atoms with van der Waals surface area (Å²) < 4.78 is 47.3. The van der Waals surface area contributed by atoms with Gasteiger partial charge in [0.05, 0.1) is 22.3 Å². The second-order valence-corrected chi connectivity index (χ2v) is 10.2. The Morgan fingerprint density at radius 3 is 2.50 bits per heavy atom. The van der Waals surface area contributed by atoms with Crippen molar-refractivity contribution in [3.63, 3.8) is 0 Å². The molecule has 3 rings (SSSR count). The number of hydrogen-bond donors (Lipinski definition) is 1. The summed E-state index contributed by atoms with van der Waals surface area (Å²) in [4.78, 5) is 12.8. The molecule has 0 spiro atoms. The van der Waals surface area contributed by atoms with Crippen LogP contribution in [0.15, 0.2) is 45.8 Å². The van der Waals surface area contributed by atoms with Crippen molar-refractivity contribution in [2.24, 2.45) is 0 Å². The molecule has 0 aromatic heterocycles. The number of hydrogen-bond acceptors (Lipinski definition) is 4. The number of amides is 1. The Hall–Kier alpha value is -1.97. The van der Waals surface area contributed by atoms with Gasteiger partial charge in [0.15, 0.2) is 0 Å². The van der Waals surface area contributed by atoms with E-state index >= 15 is 0 Å². The third-order valence-electron chi connectivity index (χ3n) is 4.69. The van der Waals surface area contributed by atoms with Gasteiger partial charge in [0.1, 0.15) is 11.6 Å². The Bertz CT molecular complexity index is 1040. The highest BCUT2D eigenvalue weighted by Crippen LogP contribution is 2.32. The third-order valence-corrected chi connectivity index (χ3v) is 7.27. The molecule has 162 valence electrons. The van der Waals surface area contributed by atoms with Gasteiger partial charge in [-0.1, -0.05) is 6.42 Å². The van der Waals surface area contributed by atoms with Gasteiger partial charge < -0.3 is 10.1 Å². The number of sulfonamides is 1. The molecule has 0 atom stereocenters. The topological polar surface area (TPSA) is 75.7 Å². The molecule has 1 aliphatic rings. The fourth-order valence-corrected chi connectivity index (χ4v) is 5.21. The SMILES string of the molecule is CC(C)Oc1ccc(S(=O)(=O)N2CCCCC2)cc1NC(=O)c1cc(F)ccc1Br. The molecular weight excluding hydrogens is 475 g/mol. The molecule has 1 N–H and O–H groups in total. The van der Waals surface area contributed by atoms with Gasteiger partial charge in [-0.15, -0.1) is 0 Å². The molecule has 2 aromatic carbocycles. The van der Waals surface area contributed by atoms with Crippen LogP contribution >= 0.6 is 15.9 Å². The summed E-state index contributed by atoms with van der Waals surface area (Å²) in [6, 6.07) is 8.19. The van der Waals surface area contributed by atoms with Crippen molar-refractivity contribution in [2.45, 2.75) is 44.1 Å². The Labute approximate surface area is 184 Å². The first-order valence-electron chi connectivity index (χ1n) is 9.76. The van der Waals surface area contributed by atoms with Crippen LogP contribution < -0.4 is 10.1 Å². The smallest absolute Gasteiger partial charge is 0.257 e. The predicted octanol–water partition coefficient (Wildman–Crippen LogP) is 4.80. The lowest BCUT2D eigenvalue weighted by molar-refractivity contribution is 0.102. The maximum atomic E-state index is 13.6. The van der Waals surface area contributed by atoms with Crippen LogP contribution in [0.2, 0.25) is 0 Å². The Kier molecular flexibility index (Phi) is 7.15. The number of carbonyl (C=O) groups is 1. The Morgan fingerprint density at radius 2 is 1.83 bits per heavy atom. The molecule has 9 heteroatoms. The van der Waals surface area contributed by atoms with E-state index in [2.05, 4.69) is 21.2 Å². The highest BCUT2D eigenvalue weighted by atomic mass is 79.9. The highest BCUT2D eigenvalue weighted by Gasteiger charge is 2.27. The number of nitrogens with zero attached hydrogens (tertiary/aromatic N) is 1. The van der Waals surface area contributed by atoms with Gasteiger partial charge in [-0.2, -0.15) is 4.31 Å². The van der Waals surface area contributed by atoms with E-state index in [4.69, 9.17) is 4.74 Å². The van der Waals surface area contributed by atoms with Crippen molar-refractivity contribution < 1.29 is 22.3 Å². The van der Waals surface area contributed by atoms with Gasteiger partial charge in [0.25, 0.3) is 5.91 Å². The van der Waals surface area contributed by atoms with Crippen molar-refractivity contribution in [3.05, 3.63) is 52.3 Å². The van der Waals surface area contributed by atoms with Gasteiger partial charge in [-0.3, -0.25) is 4.79 Å². The number of benzene rings is 2. The number of halogens is 2. The number of nitrogens with one attached hydrogen (secondary N) is 1. The van der Waals surface area contributed by atoms with E-state index < -0.39 is 21.7 Å². The molecule has 0 saturated carbocycles. The van der Waals surface area contributed by atoms with E-state index in [1.807, 2.05) is 13.8 Å². The zero-order valence-electron chi connectivity index (χ0n) is 16.8. The van der Waals surface area contributed by atoms with E-state index in [-0.39, 0.29) is 22.3 Å². The molecule has 0 unspecified atom stereocenters. The van der Waals surface area contributed by atoms with Crippen molar-refractivity contribution in [1.29, 1.82) is 0 Å². The zero-order valence-corrected chi connectivity index (χ0v) is 19.2. The summed E-state index contributed by atoms with van der Waals surface area (Å²) in [7, 11) is -3.69. The van der Waals surface area contributed by atoms with Crippen molar-refractivity contribution >= 4 is 37.5 Å². The summed E-state index contributed by atoms with van der Waals surface area (Å²) in [6.45, 7) is 4.61. The second-order valence-electron chi connectivity index (χ2n) is 7.37. The maximum Gasteiger partial charge on any atom is 0.257 e. The maximum absolute atomic E-state index is 13.6. The predicted molar refractivity (Wildman–Crippen MR) is 117 cm³/mol. The molecule has 1 saturated heterocycles. The first-order valence-corrected chi connectivity index (χ1v) is 12.0. The first kappa shape index (κ1) is 22.7. The highest BCUT2D eigenvalue weighted by molar-refractivity contribution is 9.10. The molecular formula is C21H24BrFN2O4S. The van der Waals surface area contributed by atoms with E-state index in [1.54, 1.807) is 0 Å². The van der Waals surface area contributed by atoms with E-state index in [0.717, 1.165) is 25.3 Å². The second kappa shape index (κ2) is 9.45. The Morgan fingerprint density at radius 1 is 1.13 bits per heavy atom. The van der Waals surface area contributed by atoms with Crippen molar-refractivity contribution in [1.82, 2.24) is 4.31 Å². The fraction of sp³-hybridized carbons (Fsp3) is 0.381. The van der Waals surface area contributed by atoms with Crippen LogP contribution in [0.3, 0.4) is 0 Å². The average molecular weight is 499 g/mol. The van der Waals surface area contributed by atoms with Crippen LogP contribution in [0.25, 0.3) is 0 Å². The van der Waals surface area contributed by atoms with Crippen LogP contribution in [0.4, 0.5) is 10.1 Å². The van der Waals surface area contributed by atoms with Crippen LogP contribution in [0.1, 0.15) is 43.5 Å². The summed E-state index contributed by atoms with van der Waals surface area (Å²) >= 11 is 3.24. The summed E-state index contributed by atoms with van der Waals surface area (Å²) in [6.07, 6.45) is 2.47. The minimum atomic E-state index is -3.69. The van der Waals surface area contributed by atoms with Gasteiger partial charge in [0.2, 0.25) is 10.0 Å². The lowest BCUT2D eigenvalue weighted by Gasteiger charge is -2.26. The standard InChI is InChI=1S/C21H24BrFN2O4S/c1-14(2)29-20-9-7-16(30(27,28)25-10-4-3-5-11-25)13-19(20)24-21(26)17-12-15(23)6-8-18(17)22/h6-9,12-14H,3-5,10-11H2,1-2H3,(H,24,26). The van der Waals surface area contributed by atoms with Crippen LogP contribution in [-0.2, 0) is 10.0 Å². The quantitative estimate of drug-likeness (QED) is 0.620. The Balaban J connectivity index is 1.97. The normalized spacial score (nSPS) is 15.2. The lowest BCUT2D eigenvalue weighted by Crippen LogP contribution is -2.35. The molecule has 0 radical (unpaired) electrons. The van der Waals surface area contributed by atoms with Gasteiger partial charge >= 0.3 is 0 Å². The first-order chi connectivity index (χ1) is 14.2. The minimum absolute atomic E-state index is 0.0779. The van der Waals surface area contributed by atoms with Gasteiger partial charge in [-0.05, 0) is 79.0 Å². The fourth-order valence-electron chi connectivity index (χ4n) is 3.24. The van der Waals surface area contributed by atoms with Crippen molar-refractivity contribution in [2.75, 3.05) is 18.4 Å². The molecule has 2 aromatic rings. The number of rotatable bonds is 6. The van der Waals surface area contributed by atoms with Gasteiger partial charge in [-0.25, -0.2) is 12.8 Å². The molecule has 1 heterocycles. The third kappa shape index (κ3) is 5.19. The summed E-state index contributed by atoms with van der Waals surface area (Å²) in [5.41, 5.74) is 0.303.